The molecule has 11 heteroatoms. The standard InChI is InChI=1S/C25H22F5N3O3/c1-2-23(15-31)14-24(26,27)16-33(23)22(35)10-9-21(34)20-11-12-32-13-18(20)6-3-17-4-7-19(8-5-17)36-25(28,29)30/h3-8,11-13H,2,9-10,14,16H2,1H3/b6-3+/t23-/m0/s1. The van der Waals surface area contributed by atoms with Gasteiger partial charge >= 0.3 is 6.36 Å². The normalized spacial score (nSPS) is 19.3. The van der Waals surface area contributed by atoms with E-state index in [-0.39, 0.29) is 30.6 Å². The van der Waals surface area contributed by atoms with E-state index in [0.29, 0.717) is 11.1 Å². The molecule has 2 aromatic rings. The van der Waals surface area contributed by atoms with Gasteiger partial charge in [0, 0.05) is 42.8 Å². The minimum atomic E-state index is -4.80. The number of alkyl halides is 5. The summed E-state index contributed by atoms with van der Waals surface area (Å²) in [5.74, 6) is -4.67. The molecule has 1 fully saturated rings. The third-order valence-electron chi connectivity index (χ3n) is 5.84. The zero-order valence-corrected chi connectivity index (χ0v) is 19.2. The van der Waals surface area contributed by atoms with Gasteiger partial charge in [-0.15, -0.1) is 13.2 Å². The van der Waals surface area contributed by atoms with E-state index in [0.717, 1.165) is 17.0 Å². The molecule has 0 aliphatic carbocycles. The number of carbonyl (C=O) groups is 2. The number of pyridine rings is 1. The summed E-state index contributed by atoms with van der Waals surface area (Å²) < 4.78 is 68.7. The summed E-state index contributed by atoms with van der Waals surface area (Å²) in [5.41, 5.74) is -0.433. The molecule has 1 aliphatic rings. The van der Waals surface area contributed by atoms with Crippen molar-refractivity contribution < 1.29 is 36.3 Å². The molecule has 1 aliphatic heterocycles. The highest BCUT2D eigenvalue weighted by Crippen LogP contribution is 2.41. The van der Waals surface area contributed by atoms with Crippen molar-refractivity contribution in [3.63, 3.8) is 0 Å². The van der Waals surface area contributed by atoms with E-state index in [1.165, 1.54) is 30.6 Å². The van der Waals surface area contributed by atoms with Gasteiger partial charge in [-0.3, -0.25) is 14.6 Å². The molecule has 3 rings (SSSR count). The molecule has 1 atom stereocenters. The van der Waals surface area contributed by atoms with E-state index in [9.17, 15) is 36.8 Å². The number of halogens is 5. The first-order chi connectivity index (χ1) is 16.9. The smallest absolute Gasteiger partial charge is 0.406 e. The number of likely N-dealkylation sites (tertiary alicyclic amines) is 1. The number of hydrogen-bond acceptors (Lipinski definition) is 5. The average Bonchev–Trinajstić information content (AvgIpc) is 3.12. The molecule has 0 unspecified atom stereocenters. The van der Waals surface area contributed by atoms with Crippen molar-refractivity contribution in [2.24, 2.45) is 0 Å². The van der Waals surface area contributed by atoms with Crippen LogP contribution in [0, 0.1) is 11.3 Å². The van der Waals surface area contributed by atoms with Crippen LogP contribution in [0.3, 0.4) is 0 Å². The van der Waals surface area contributed by atoms with Crippen molar-refractivity contribution in [3.05, 3.63) is 59.4 Å². The van der Waals surface area contributed by atoms with E-state index >= 15 is 0 Å². The molecule has 1 saturated heterocycles. The Morgan fingerprint density at radius 2 is 1.86 bits per heavy atom. The minimum Gasteiger partial charge on any atom is -0.406 e. The number of ketones is 1. The fraction of sp³-hybridized carbons (Fsp3) is 0.360. The van der Waals surface area contributed by atoms with Crippen LogP contribution >= 0.6 is 0 Å². The first kappa shape index (κ1) is 26.8. The number of Topliss-reactive ketones (excluding diaryl/α,β-unsaturated/α-hetero) is 1. The molecular formula is C25H22F5N3O3. The quantitative estimate of drug-likeness (QED) is 0.341. The number of aromatic nitrogens is 1. The van der Waals surface area contributed by atoms with E-state index in [2.05, 4.69) is 9.72 Å². The highest BCUT2D eigenvalue weighted by atomic mass is 19.4. The predicted octanol–water partition coefficient (Wildman–Crippen LogP) is 5.65. The summed E-state index contributed by atoms with van der Waals surface area (Å²) in [4.78, 5) is 30.4. The van der Waals surface area contributed by atoms with Crippen molar-refractivity contribution in [2.45, 2.75) is 50.4 Å². The number of nitrogens with zero attached hydrogens (tertiary/aromatic N) is 3. The van der Waals surface area contributed by atoms with Crippen LogP contribution in [0.1, 0.15) is 54.1 Å². The van der Waals surface area contributed by atoms with Gasteiger partial charge in [0.05, 0.1) is 12.6 Å². The second-order valence-corrected chi connectivity index (χ2v) is 8.35. The van der Waals surface area contributed by atoms with E-state index < -0.39 is 42.5 Å². The average molecular weight is 507 g/mol. The summed E-state index contributed by atoms with van der Waals surface area (Å²) in [6.07, 6.45) is -0.209. The fourth-order valence-corrected chi connectivity index (χ4v) is 4.03. The number of carbonyl (C=O) groups excluding carboxylic acids is 2. The molecule has 2 heterocycles. The maximum atomic E-state index is 14.0. The molecule has 36 heavy (non-hydrogen) atoms. The van der Waals surface area contributed by atoms with Crippen LogP contribution in [0.5, 0.6) is 5.75 Å². The Kier molecular flexibility index (Phi) is 7.77. The molecule has 190 valence electrons. The van der Waals surface area contributed by atoms with E-state index in [1.807, 2.05) is 6.07 Å². The first-order valence-electron chi connectivity index (χ1n) is 11.0. The molecule has 1 aromatic carbocycles. The van der Waals surface area contributed by atoms with Gasteiger partial charge in [0.1, 0.15) is 11.3 Å². The van der Waals surface area contributed by atoms with Gasteiger partial charge in [-0.25, -0.2) is 8.78 Å². The van der Waals surface area contributed by atoms with Gasteiger partial charge in [0.15, 0.2) is 5.78 Å². The molecule has 0 spiro atoms. The third kappa shape index (κ3) is 6.44. The summed E-state index contributed by atoms with van der Waals surface area (Å²) in [5, 5.41) is 9.46. The lowest BCUT2D eigenvalue weighted by Gasteiger charge is -2.30. The maximum absolute atomic E-state index is 14.0. The summed E-state index contributed by atoms with van der Waals surface area (Å²) in [6, 6.07) is 8.38. The molecule has 0 radical (unpaired) electrons. The summed E-state index contributed by atoms with van der Waals surface area (Å²) >= 11 is 0. The lowest BCUT2D eigenvalue weighted by molar-refractivity contribution is -0.274. The van der Waals surface area contributed by atoms with Gasteiger partial charge in [-0.2, -0.15) is 5.26 Å². The molecule has 1 aromatic heterocycles. The number of benzene rings is 1. The van der Waals surface area contributed by atoms with Crippen molar-refractivity contribution >= 4 is 23.8 Å². The van der Waals surface area contributed by atoms with Crippen LogP contribution in [-0.4, -0.2) is 45.9 Å². The maximum Gasteiger partial charge on any atom is 0.573 e. The van der Waals surface area contributed by atoms with Gasteiger partial charge < -0.3 is 9.64 Å². The zero-order chi connectivity index (χ0) is 26.6. The largest absolute Gasteiger partial charge is 0.573 e. The van der Waals surface area contributed by atoms with Crippen LogP contribution < -0.4 is 4.74 Å². The van der Waals surface area contributed by atoms with Crippen LogP contribution in [0.15, 0.2) is 42.7 Å². The minimum absolute atomic E-state index is 0.0430. The number of hydrogen-bond donors (Lipinski definition) is 0. The van der Waals surface area contributed by atoms with Gasteiger partial charge in [-0.1, -0.05) is 31.2 Å². The Bertz CT molecular complexity index is 1190. The molecular weight excluding hydrogens is 485 g/mol. The lowest BCUT2D eigenvalue weighted by Crippen LogP contribution is -2.46. The van der Waals surface area contributed by atoms with Crippen molar-refractivity contribution in [1.82, 2.24) is 9.88 Å². The van der Waals surface area contributed by atoms with Crippen LogP contribution in [0.2, 0.25) is 0 Å². The third-order valence-corrected chi connectivity index (χ3v) is 5.84. The van der Waals surface area contributed by atoms with Gasteiger partial charge in [0.2, 0.25) is 5.91 Å². The van der Waals surface area contributed by atoms with E-state index in [4.69, 9.17) is 0 Å². The highest BCUT2D eigenvalue weighted by Gasteiger charge is 2.56. The predicted molar refractivity (Wildman–Crippen MR) is 120 cm³/mol. The summed E-state index contributed by atoms with van der Waals surface area (Å²) in [7, 11) is 0. The fourth-order valence-electron chi connectivity index (χ4n) is 4.03. The molecule has 6 nitrogen and oxygen atoms in total. The van der Waals surface area contributed by atoms with Crippen molar-refractivity contribution in [3.8, 4) is 11.8 Å². The number of ether oxygens (including phenoxy) is 1. The second-order valence-electron chi connectivity index (χ2n) is 8.35. The zero-order valence-electron chi connectivity index (χ0n) is 19.2. The number of amides is 1. The molecule has 0 bridgehead atoms. The van der Waals surface area contributed by atoms with Gasteiger partial charge in [0.25, 0.3) is 5.92 Å². The Morgan fingerprint density at radius 3 is 2.47 bits per heavy atom. The monoisotopic (exact) mass is 507 g/mol. The molecule has 1 amide bonds. The first-order valence-corrected chi connectivity index (χ1v) is 11.0. The molecule has 0 N–H and O–H groups in total. The second kappa shape index (κ2) is 10.4. The highest BCUT2D eigenvalue weighted by molar-refractivity contribution is 6.01. The Hall–Kier alpha value is -3.81. The van der Waals surface area contributed by atoms with Crippen LogP contribution in [-0.2, 0) is 4.79 Å². The van der Waals surface area contributed by atoms with Crippen molar-refractivity contribution in [1.29, 1.82) is 5.26 Å². The van der Waals surface area contributed by atoms with Crippen LogP contribution in [0.4, 0.5) is 22.0 Å². The van der Waals surface area contributed by atoms with Crippen molar-refractivity contribution in [2.75, 3.05) is 6.54 Å². The Balaban J connectivity index is 1.68. The molecule has 0 saturated carbocycles. The van der Waals surface area contributed by atoms with Gasteiger partial charge in [-0.05, 0) is 30.2 Å². The summed E-state index contributed by atoms with van der Waals surface area (Å²) in [6.45, 7) is 0.694. The number of nitriles is 1. The topological polar surface area (TPSA) is 83.3 Å². The Morgan fingerprint density at radius 1 is 1.17 bits per heavy atom. The SMILES string of the molecule is CC[C@@]1(C#N)CC(F)(F)CN1C(=O)CCC(=O)c1ccncc1/C=C/c1ccc(OC(F)(F)F)cc1. The lowest BCUT2D eigenvalue weighted by atomic mass is 9.93. The van der Waals surface area contributed by atoms with Crippen LogP contribution in [0.25, 0.3) is 12.2 Å². The van der Waals surface area contributed by atoms with E-state index in [1.54, 1.807) is 19.1 Å². The number of rotatable bonds is 8. The Labute approximate surface area is 204 Å².